The Kier molecular flexibility index (Phi) is 7.35. The Labute approximate surface area is 186 Å². The van der Waals surface area contributed by atoms with E-state index in [0.29, 0.717) is 11.7 Å². The van der Waals surface area contributed by atoms with Gasteiger partial charge in [-0.05, 0) is 49.7 Å². The molecule has 1 amide bonds. The van der Waals surface area contributed by atoms with Gasteiger partial charge in [0.15, 0.2) is 5.13 Å². The van der Waals surface area contributed by atoms with Crippen molar-refractivity contribution in [2.45, 2.75) is 34.1 Å². The number of aryl methyl sites for hydroxylation is 2. The molecule has 0 N–H and O–H groups in total. The highest BCUT2D eigenvalue weighted by atomic mass is 32.1. The number of rotatable bonds is 9. The predicted molar refractivity (Wildman–Crippen MR) is 126 cm³/mol. The van der Waals surface area contributed by atoms with Crippen LogP contribution >= 0.6 is 11.3 Å². The number of carbonyl (C=O) groups excluding carboxylic acids is 1. The molecule has 3 rings (SSSR count). The van der Waals surface area contributed by atoms with Gasteiger partial charge in [-0.3, -0.25) is 19.8 Å². The smallest absolute Gasteiger partial charge is 0.269 e. The van der Waals surface area contributed by atoms with Crippen molar-refractivity contribution >= 4 is 38.3 Å². The molecule has 0 aliphatic heterocycles. The molecular weight excluding hydrogens is 412 g/mol. The lowest BCUT2D eigenvalue weighted by molar-refractivity contribution is -0.384. The van der Waals surface area contributed by atoms with Crippen LogP contribution in [0.25, 0.3) is 10.2 Å². The molecule has 0 fully saturated rings. The monoisotopic (exact) mass is 440 g/mol. The molecule has 3 aromatic rings. The maximum absolute atomic E-state index is 13.3. The molecule has 7 nitrogen and oxygen atoms in total. The quantitative estimate of drug-likeness (QED) is 0.355. The van der Waals surface area contributed by atoms with Crippen molar-refractivity contribution in [1.82, 2.24) is 9.88 Å². The molecule has 8 heteroatoms. The standard InChI is InChI=1S/C23H28N4O3S/c1-5-25(6-2)11-12-26(21(28)15-18-7-9-19(10-8-18)27(29)30)23-24-20-14-16(3)13-17(4)22(20)31-23/h7-10,13-14H,5-6,11-12,15H2,1-4H3. The van der Waals surface area contributed by atoms with Crippen LogP contribution < -0.4 is 4.90 Å². The van der Waals surface area contributed by atoms with Crippen molar-refractivity contribution in [2.75, 3.05) is 31.1 Å². The first-order valence-electron chi connectivity index (χ1n) is 10.5. The Morgan fingerprint density at radius 2 is 1.77 bits per heavy atom. The fourth-order valence-electron chi connectivity index (χ4n) is 3.59. The van der Waals surface area contributed by atoms with E-state index in [1.165, 1.54) is 23.5 Å². The zero-order valence-electron chi connectivity index (χ0n) is 18.4. The lowest BCUT2D eigenvalue weighted by Gasteiger charge is -2.24. The van der Waals surface area contributed by atoms with Gasteiger partial charge in [0.25, 0.3) is 5.69 Å². The molecule has 31 heavy (non-hydrogen) atoms. The molecule has 164 valence electrons. The van der Waals surface area contributed by atoms with E-state index in [9.17, 15) is 14.9 Å². The van der Waals surface area contributed by atoms with Crippen LogP contribution in [-0.4, -0.2) is 46.9 Å². The number of nitro groups is 1. The highest BCUT2D eigenvalue weighted by molar-refractivity contribution is 7.22. The average molecular weight is 441 g/mol. The number of benzene rings is 2. The molecule has 1 aromatic heterocycles. The molecular formula is C23H28N4O3S. The largest absolute Gasteiger partial charge is 0.302 e. The second kappa shape index (κ2) is 9.98. The van der Waals surface area contributed by atoms with Crippen LogP contribution in [0.1, 0.15) is 30.5 Å². The SMILES string of the molecule is CCN(CC)CCN(C(=O)Cc1ccc([N+](=O)[O-])cc1)c1nc2cc(C)cc(C)c2s1. The van der Waals surface area contributed by atoms with E-state index in [1.807, 2.05) is 13.0 Å². The lowest BCUT2D eigenvalue weighted by atomic mass is 10.1. The number of carbonyl (C=O) groups is 1. The number of amides is 1. The van der Waals surface area contributed by atoms with E-state index in [4.69, 9.17) is 4.98 Å². The zero-order chi connectivity index (χ0) is 22.5. The number of thiazole rings is 1. The molecule has 0 unspecified atom stereocenters. The maximum Gasteiger partial charge on any atom is 0.269 e. The van der Waals surface area contributed by atoms with Gasteiger partial charge in [-0.1, -0.05) is 43.4 Å². The molecule has 0 radical (unpaired) electrons. The van der Waals surface area contributed by atoms with Crippen molar-refractivity contribution in [3.8, 4) is 0 Å². The first-order valence-corrected chi connectivity index (χ1v) is 11.3. The van der Waals surface area contributed by atoms with Crippen molar-refractivity contribution in [2.24, 2.45) is 0 Å². The van der Waals surface area contributed by atoms with E-state index in [2.05, 4.69) is 31.7 Å². The molecule has 0 saturated heterocycles. The van der Waals surface area contributed by atoms with Crippen molar-refractivity contribution in [3.05, 3.63) is 63.2 Å². The number of nitrogens with zero attached hydrogens (tertiary/aromatic N) is 4. The Bertz CT molecular complexity index is 1070. The highest BCUT2D eigenvalue weighted by Gasteiger charge is 2.21. The summed E-state index contributed by atoms with van der Waals surface area (Å²) in [5.41, 5.74) is 3.98. The molecule has 0 saturated carbocycles. The summed E-state index contributed by atoms with van der Waals surface area (Å²) in [5.74, 6) is -0.0607. The number of fused-ring (bicyclic) bond motifs is 1. The van der Waals surface area contributed by atoms with E-state index < -0.39 is 4.92 Å². The number of non-ortho nitro benzene ring substituents is 1. The van der Waals surface area contributed by atoms with Crippen LogP contribution in [0.2, 0.25) is 0 Å². The third-order valence-electron chi connectivity index (χ3n) is 5.38. The normalized spacial score (nSPS) is 11.3. The van der Waals surface area contributed by atoms with Crippen LogP contribution in [0.4, 0.5) is 10.8 Å². The minimum atomic E-state index is -0.437. The summed E-state index contributed by atoms with van der Waals surface area (Å²) in [4.78, 5) is 32.6. The summed E-state index contributed by atoms with van der Waals surface area (Å²) in [6, 6.07) is 10.3. The number of likely N-dealkylation sites (N-methyl/N-ethyl adjacent to an activating group) is 1. The minimum Gasteiger partial charge on any atom is -0.302 e. The third-order valence-corrected chi connectivity index (χ3v) is 6.61. The molecule has 0 aliphatic carbocycles. The molecule has 0 aliphatic rings. The van der Waals surface area contributed by atoms with Crippen molar-refractivity contribution in [3.63, 3.8) is 0 Å². The number of hydrogen-bond acceptors (Lipinski definition) is 6. The first-order chi connectivity index (χ1) is 14.8. The molecule has 0 atom stereocenters. The van der Waals surface area contributed by atoms with Crippen LogP contribution in [0.5, 0.6) is 0 Å². The summed E-state index contributed by atoms with van der Waals surface area (Å²) < 4.78 is 1.09. The number of aromatic nitrogens is 1. The van der Waals surface area contributed by atoms with Crippen LogP contribution in [0, 0.1) is 24.0 Å². The predicted octanol–water partition coefficient (Wildman–Crippen LogP) is 4.74. The van der Waals surface area contributed by atoms with Gasteiger partial charge in [0.1, 0.15) is 0 Å². The van der Waals surface area contributed by atoms with Gasteiger partial charge < -0.3 is 4.90 Å². The Morgan fingerprint density at radius 3 is 2.39 bits per heavy atom. The minimum absolute atomic E-state index is 0.0200. The first kappa shape index (κ1) is 22.8. The topological polar surface area (TPSA) is 79.6 Å². The number of nitro benzene ring substituents is 1. The van der Waals surface area contributed by atoms with E-state index in [0.717, 1.165) is 46.5 Å². The van der Waals surface area contributed by atoms with Crippen LogP contribution in [-0.2, 0) is 11.2 Å². The summed E-state index contributed by atoms with van der Waals surface area (Å²) in [5, 5.41) is 11.6. The van der Waals surface area contributed by atoms with Crippen molar-refractivity contribution < 1.29 is 9.72 Å². The Morgan fingerprint density at radius 1 is 1.10 bits per heavy atom. The van der Waals surface area contributed by atoms with E-state index in [1.54, 1.807) is 17.0 Å². The number of anilines is 1. The van der Waals surface area contributed by atoms with E-state index >= 15 is 0 Å². The van der Waals surface area contributed by atoms with Gasteiger partial charge in [0.05, 0.1) is 21.6 Å². The molecule has 1 heterocycles. The molecule has 2 aromatic carbocycles. The molecule has 0 spiro atoms. The average Bonchev–Trinajstić information content (AvgIpc) is 3.15. The van der Waals surface area contributed by atoms with Gasteiger partial charge in [-0.15, -0.1) is 0 Å². The van der Waals surface area contributed by atoms with Crippen molar-refractivity contribution in [1.29, 1.82) is 0 Å². The summed E-state index contributed by atoms with van der Waals surface area (Å²) in [7, 11) is 0. The zero-order valence-corrected chi connectivity index (χ0v) is 19.2. The fourth-order valence-corrected chi connectivity index (χ4v) is 4.65. The Balaban J connectivity index is 1.89. The van der Waals surface area contributed by atoms with E-state index in [-0.39, 0.29) is 18.0 Å². The second-order valence-electron chi connectivity index (χ2n) is 7.60. The fraction of sp³-hybridized carbons (Fsp3) is 0.391. The van der Waals surface area contributed by atoms with Crippen LogP contribution in [0.3, 0.4) is 0 Å². The highest BCUT2D eigenvalue weighted by Crippen LogP contribution is 2.32. The number of hydrogen-bond donors (Lipinski definition) is 0. The summed E-state index contributed by atoms with van der Waals surface area (Å²) in [6.07, 6.45) is 0.171. The van der Waals surface area contributed by atoms with Gasteiger partial charge in [0, 0.05) is 25.2 Å². The maximum atomic E-state index is 13.3. The summed E-state index contributed by atoms with van der Waals surface area (Å²) >= 11 is 1.54. The summed E-state index contributed by atoms with van der Waals surface area (Å²) in [6.45, 7) is 11.5. The second-order valence-corrected chi connectivity index (χ2v) is 8.58. The Hall–Kier alpha value is -2.84. The lowest BCUT2D eigenvalue weighted by Crippen LogP contribution is -2.39. The van der Waals surface area contributed by atoms with Gasteiger partial charge >= 0.3 is 0 Å². The van der Waals surface area contributed by atoms with Gasteiger partial charge in [-0.25, -0.2) is 4.98 Å². The van der Waals surface area contributed by atoms with Crippen LogP contribution in [0.15, 0.2) is 36.4 Å². The third kappa shape index (κ3) is 5.45. The van der Waals surface area contributed by atoms with Gasteiger partial charge in [-0.2, -0.15) is 0 Å². The van der Waals surface area contributed by atoms with Gasteiger partial charge in [0.2, 0.25) is 5.91 Å². The molecule has 0 bridgehead atoms.